The van der Waals surface area contributed by atoms with Crippen molar-refractivity contribution in [2.24, 2.45) is 0 Å². The van der Waals surface area contributed by atoms with Gasteiger partial charge >= 0.3 is 0 Å². The number of pyridine rings is 1. The Hall–Kier alpha value is -1.35. The highest BCUT2D eigenvalue weighted by atomic mass is 35.5. The fraction of sp³-hybridized carbons (Fsp3) is 0.250. The standard InChI is InChI=1S/C8H8ClN3O2/c9-7-1-5(11)4(3-12-7)8(14)6(13)2-10/h1,3,6,8,13-14H,(H2,11,12). The molecule has 0 spiro atoms. The smallest absolute Gasteiger partial charge is 0.170 e. The minimum absolute atomic E-state index is 0.184. The van der Waals surface area contributed by atoms with E-state index >= 15 is 0 Å². The summed E-state index contributed by atoms with van der Waals surface area (Å²) in [6.07, 6.45) is -1.67. The first kappa shape index (κ1) is 10.7. The van der Waals surface area contributed by atoms with Crippen molar-refractivity contribution in [3.05, 3.63) is 23.0 Å². The number of rotatable bonds is 2. The molecule has 0 saturated heterocycles. The van der Waals surface area contributed by atoms with Crippen LogP contribution >= 0.6 is 11.6 Å². The maximum absolute atomic E-state index is 9.43. The molecule has 4 N–H and O–H groups in total. The van der Waals surface area contributed by atoms with Gasteiger partial charge in [-0.1, -0.05) is 11.6 Å². The number of nitrogens with two attached hydrogens (primary N) is 1. The van der Waals surface area contributed by atoms with Gasteiger partial charge in [-0.15, -0.1) is 0 Å². The Morgan fingerprint density at radius 2 is 2.21 bits per heavy atom. The van der Waals surface area contributed by atoms with E-state index in [1.165, 1.54) is 18.3 Å². The van der Waals surface area contributed by atoms with Gasteiger partial charge in [0.15, 0.2) is 6.10 Å². The molecule has 1 aromatic heterocycles. The highest BCUT2D eigenvalue weighted by Gasteiger charge is 2.20. The topological polar surface area (TPSA) is 103 Å². The predicted molar refractivity (Wildman–Crippen MR) is 50.2 cm³/mol. The van der Waals surface area contributed by atoms with E-state index < -0.39 is 12.2 Å². The molecule has 0 fully saturated rings. The third-order valence-corrected chi connectivity index (χ3v) is 1.89. The van der Waals surface area contributed by atoms with Crippen LogP contribution < -0.4 is 5.73 Å². The summed E-state index contributed by atoms with van der Waals surface area (Å²) in [7, 11) is 0. The second-order valence-electron chi connectivity index (χ2n) is 2.65. The molecule has 1 aromatic rings. The number of aromatic nitrogens is 1. The monoisotopic (exact) mass is 213 g/mol. The minimum atomic E-state index is -1.53. The fourth-order valence-electron chi connectivity index (χ4n) is 0.942. The summed E-state index contributed by atoms with van der Waals surface area (Å²) in [5.41, 5.74) is 5.88. The van der Waals surface area contributed by atoms with Gasteiger partial charge in [-0.05, 0) is 6.07 Å². The van der Waals surface area contributed by atoms with Crippen LogP contribution in [-0.4, -0.2) is 21.3 Å². The van der Waals surface area contributed by atoms with E-state index in [0.29, 0.717) is 0 Å². The second-order valence-corrected chi connectivity index (χ2v) is 3.04. The number of aliphatic hydroxyl groups excluding tert-OH is 2. The normalized spacial score (nSPS) is 14.4. The van der Waals surface area contributed by atoms with E-state index in [9.17, 15) is 5.11 Å². The lowest BCUT2D eigenvalue weighted by molar-refractivity contribution is 0.0530. The summed E-state index contributed by atoms with van der Waals surface area (Å²) in [6, 6.07) is 2.83. The Kier molecular flexibility index (Phi) is 3.25. The minimum Gasteiger partial charge on any atom is -0.398 e. The van der Waals surface area contributed by atoms with Crippen LogP contribution in [0.2, 0.25) is 5.15 Å². The predicted octanol–water partition coefficient (Wildman–Crippen LogP) is 0.235. The molecule has 6 heteroatoms. The summed E-state index contributed by atoms with van der Waals surface area (Å²) in [4.78, 5) is 3.68. The third-order valence-electron chi connectivity index (χ3n) is 1.68. The molecule has 0 amide bonds. The molecular weight excluding hydrogens is 206 g/mol. The number of nitriles is 1. The highest BCUT2D eigenvalue weighted by molar-refractivity contribution is 6.29. The molecule has 0 aliphatic carbocycles. The summed E-state index contributed by atoms with van der Waals surface area (Å²) in [5, 5.41) is 27.0. The van der Waals surface area contributed by atoms with E-state index in [1.807, 2.05) is 0 Å². The Bertz CT molecular complexity index is 377. The Labute approximate surface area is 85.4 Å². The molecule has 1 heterocycles. The van der Waals surface area contributed by atoms with Crippen molar-refractivity contribution in [3.8, 4) is 6.07 Å². The lowest BCUT2D eigenvalue weighted by Gasteiger charge is -2.13. The van der Waals surface area contributed by atoms with Crippen molar-refractivity contribution in [3.63, 3.8) is 0 Å². The number of nitrogens with zero attached hydrogens (tertiary/aromatic N) is 2. The first-order valence-corrected chi connectivity index (χ1v) is 4.10. The fourth-order valence-corrected chi connectivity index (χ4v) is 1.11. The zero-order valence-electron chi connectivity index (χ0n) is 7.05. The van der Waals surface area contributed by atoms with Gasteiger partial charge in [0.1, 0.15) is 11.3 Å². The number of hydrogen-bond acceptors (Lipinski definition) is 5. The van der Waals surface area contributed by atoms with E-state index in [2.05, 4.69) is 4.98 Å². The number of halogens is 1. The van der Waals surface area contributed by atoms with Gasteiger partial charge in [0.25, 0.3) is 0 Å². The average molecular weight is 214 g/mol. The van der Waals surface area contributed by atoms with Crippen LogP contribution in [0.15, 0.2) is 12.3 Å². The van der Waals surface area contributed by atoms with Gasteiger partial charge < -0.3 is 15.9 Å². The van der Waals surface area contributed by atoms with E-state index in [4.69, 9.17) is 27.7 Å². The van der Waals surface area contributed by atoms with E-state index in [1.54, 1.807) is 0 Å². The zero-order valence-corrected chi connectivity index (χ0v) is 7.81. The van der Waals surface area contributed by atoms with Crippen LogP contribution in [0, 0.1) is 11.3 Å². The highest BCUT2D eigenvalue weighted by Crippen LogP contribution is 2.23. The van der Waals surface area contributed by atoms with Crippen LogP contribution in [0.25, 0.3) is 0 Å². The van der Waals surface area contributed by atoms with E-state index in [-0.39, 0.29) is 16.4 Å². The third kappa shape index (κ3) is 2.12. The van der Waals surface area contributed by atoms with Crippen molar-refractivity contribution in [1.82, 2.24) is 4.98 Å². The molecule has 0 aliphatic heterocycles. The Morgan fingerprint density at radius 3 is 2.71 bits per heavy atom. The van der Waals surface area contributed by atoms with Gasteiger partial charge in [-0.25, -0.2) is 4.98 Å². The van der Waals surface area contributed by atoms with E-state index in [0.717, 1.165) is 0 Å². The zero-order chi connectivity index (χ0) is 10.7. The quantitative estimate of drug-likeness (QED) is 0.482. The van der Waals surface area contributed by atoms with Gasteiger partial charge in [-0.2, -0.15) is 5.26 Å². The first-order chi connectivity index (χ1) is 6.56. The largest absolute Gasteiger partial charge is 0.398 e. The molecule has 2 atom stereocenters. The first-order valence-electron chi connectivity index (χ1n) is 3.73. The van der Waals surface area contributed by atoms with Crippen molar-refractivity contribution >= 4 is 17.3 Å². The Morgan fingerprint density at radius 1 is 1.57 bits per heavy atom. The number of aliphatic hydroxyl groups is 2. The maximum atomic E-state index is 9.43. The average Bonchev–Trinajstić information content (AvgIpc) is 2.15. The van der Waals surface area contributed by atoms with Crippen molar-refractivity contribution in [1.29, 1.82) is 5.26 Å². The molecule has 0 saturated carbocycles. The van der Waals surface area contributed by atoms with Gasteiger partial charge in [-0.3, -0.25) is 0 Å². The molecule has 14 heavy (non-hydrogen) atoms. The molecule has 0 aliphatic rings. The lowest BCUT2D eigenvalue weighted by Crippen LogP contribution is -2.17. The van der Waals surface area contributed by atoms with Gasteiger partial charge in [0.05, 0.1) is 6.07 Å². The lowest BCUT2D eigenvalue weighted by atomic mass is 10.1. The van der Waals surface area contributed by atoms with Crippen LogP contribution in [0.3, 0.4) is 0 Å². The van der Waals surface area contributed by atoms with Gasteiger partial charge in [0, 0.05) is 17.4 Å². The summed E-state index contributed by atoms with van der Waals surface area (Å²) >= 11 is 5.53. The van der Waals surface area contributed by atoms with Crippen LogP contribution in [0.1, 0.15) is 11.7 Å². The van der Waals surface area contributed by atoms with Crippen molar-refractivity contribution < 1.29 is 10.2 Å². The summed E-state index contributed by atoms with van der Waals surface area (Å²) in [5.74, 6) is 0. The second kappa shape index (κ2) is 4.24. The molecule has 74 valence electrons. The molecular formula is C8H8ClN3O2. The molecule has 0 aromatic carbocycles. The molecule has 1 rings (SSSR count). The number of anilines is 1. The molecule has 2 unspecified atom stereocenters. The van der Waals surface area contributed by atoms with Crippen molar-refractivity contribution in [2.45, 2.75) is 12.2 Å². The Balaban J connectivity index is 3.03. The van der Waals surface area contributed by atoms with Gasteiger partial charge in [0.2, 0.25) is 0 Å². The molecule has 0 radical (unpaired) electrons. The summed E-state index contributed by atoms with van der Waals surface area (Å²) < 4.78 is 0. The van der Waals surface area contributed by atoms with Crippen LogP contribution in [-0.2, 0) is 0 Å². The molecule has 0 bridgehead atoms. The summed E-state index contributed by atoms with van der Waals surface area (Å²) in [6.45, 7) is 0. The van der Waals surface area contributed by atoms with Crippen LogP contribution in [0.4, 0.5) is 5.69 Å². The molecule has 5 nitrogen and oxygen atoms in total. The van der Waals surface area contributed by atoms with Crippen LogP contribution in [0.5, 0.6) is 0 Å². The maximum Gasteiger partial charge on any atom is 0.170 e. The SMILES string of the molecule is N#CC(O)C(O)c1cnc(Cl)cc1N. The number of hydrogen-bond donors (Lipinski definition) is 3. The van der Waals surface area contributed by atoms with Crippen molar-refractivity contribution in [2.75, 3.05) is 5.73 Å². The number of nitrogen functional groups attached to an aromatic ring is 1.